The average Bonchev–Trinajstić information content (AvgIpc) is 2.46. The van der Waals surface area contributed by atoms with E-state index in [0.717, 1.165) is 0 Å². The largest absolute Gasteiger partial charge is 0.481 e. The third-order valence-corrected chi connectivity index (χ3v) is 1.89. The Labute approximate surface area is 79.2 Å². The molecule has 1 rings (SSSR count). The molecule has 1 N–H and O–H groups in total. The number of imidazole rings is 1. The fraction of sp³-hybridized carbons (Fsp3) is 0.500. The maximum Gasteiger partial charge on any atom is 0.304 e. The predicted octanol–water partition coefficient (Wildman–Crippen LogP) is 1.24. The molecule has 4 nitrogen and oxygen atoms in total. The molecule has 0 spiro atoms. The van der Waals surface area contributed by atoms with E-state index in [1.54, 1.807) is 7.05 Å². The summed E-state index contributed by atoms with van der Waals surface area (Å²) in [6.45, 7) is 0. The summed E-state index contributed by atoms with van der Waals surface area (Å²) in [5.74, 6) is -2.49. The first-order valence-corrected chi connectivity index (χ1v) is 3.99. The zero-order valence-corrected chi connectivity index (χ0v) is 7.52. The Morgan fingerprint density at radius 2 is 2.36 bits per heavy atom. The van der Waals surface area contributed by atoms with E-state index in [9.17, 15) is 13.6 Å². The van der Waals surface area contributed by atoms with Gasteiger partial charge in [-0.1, -0.05) is 0 Å². The van der Waals surface area contributed by atoms with Crippen LogP contribution in [0.1, 0.15) is 18.2 Å². The second kappa shape index (κ2) is 4.17. The maximum atomic E-state index is 12.5. The molecule has 0 saturated heterocycles. The summed E-state index contributed by atoms with van der Waals surface area (Å²) in [5, 5.41) is 8.45. The topological polar surface area (TPSA) is 55.1 Å². The van der Waals surface area contributed by atoms with Crippen LogP contribution in [0.3, 0.4) is 0 Å². The van der Waals surface area contributed by atoms with Gasteiger partial charge in [-0.15, -0.1) is 0 Å². The van der Waals surface area contributed by atoms with Crippen LogP contribution in [0, 0.1) is 0 Å². The van der Waals surface area contributed by atoms with E-state index in [1.807, 2.05) is 0 Å². The molecule has 0 saturated carbocycles. The standard InChI is InChI=1S/C8H10F2N2O2/c1-12-3-2-11-8(12)5(7(9)10)4-6(13)14/h2-3,5,7H,4H2,1H3,(H,13,14). The van der Waals surface area contributed by atoms with Crippen LogP contribution in [0.15, 0.2) is 12.4 Å². The number of carbonyl (C=O) groups is 1. The van der Waals surface area contributed by atoms with Crippen molar-refractivity contribution in [1.29, 1.82) is 0 Å². The normalized spacial score (nSPS) is 13.1. The minimum Gasteiger partial charge on any atom is -0.481 e. The number of hydrogen-bond acceptors (Lipinski definition) is 2. The molecule has 0 aliphatic heterocycles. The van der Waals surface area contributed by atoms with Crippen LogP contribution in [0.4, 0.5) is 8.78 Å². The van der Waals surface area contributed by atoms with E-state index < -0.39 is 24.7 Å². The van der Waals surface area contributed by atoms with Gasteiger partial charge in [0, 0.05) is 19.4 Å². The van der Waals surface area contributed by atoms with Crippen molar-refractivity contribution < 1.29 is 18.7 Å². The molecular weight excluding hydrogens is 194 g/mol. The number of carboxylic acids is 1. The van der Waals surface area contributed by atoms with Gasteiger partial charge in [-0.05, 0) is 0 Å². The van der Waals surface area contributed by atoms with Gasteiger partial charge in [-0.2, -0.15) is 0 Å². The van der Waals surface area contributed by atoms with E-state index in [-0.39, 0.29) is 5.82 Å². The molecule has 0 radical (unpaired) electrons. The first-order chi connectivity index (χ1) is 6.52. The van der Waals surface area contributed by atoms with Crippen LogP contribution in [-0.2, 0) is 11.8 Å². The van der Waals surface area contributed by atoms with E-state index in [2.05, 4.69) is 4.98 Å². The lowest BCUT2D eigenvalue weighted by Gasteiger charge is -2.13. The average molecular weight is 204 g/mol. The molecule has 1 atom stereocenters. The Kier molecular flexibility index (Phi) is 3.16. The predicted molar refractivity (Wildman–Crippen MR) is 44.2 cm³/mol. The van der Waals surface area contributed by atoms with Crippen molar-refractivity contribution in [2.24, 2.45) is 7.05 Å². The van der Waals surface area contributed by atoms with Crippen molar-refractivity contribution in [3.8, 4) is 0 Å². The number of carboxylic acid groups (broad SMARTS) is 1. The summed E-state index contributed by atoms with van der Waals surface area (Å²) in [7, 11) is 1.56. The van der Waals surface area contributed by atoms with E-state index in [4.69, 9.17) is 5.11 Å². The molecule has 0 amide bonds. The van der Waals surface area contributed by atoms with Gasteiger partial charge in [0.05, 0.1) is 12.3 Å². The van der Waals surface area contributed by atoms with Gasteiger partial charge in [0.2, 0.25) is 6.43 Å². The lowest BCUT2D eigenvalue weighted by atomic mass is 10.1. The van der Waals surface area contributed by atoms with Crippen LogP contribution in [-0.4, -0.2) is 27.1 Å². The third-order valence-electron chi connectivity index (χ3n) is 1.89. The summed E-state index contributed by atoms with van der Waals surface area (Å²) in [5.41, 5.74) is 0. The molecule has 0 aromatic carbocycles. The van der Waals surface area contributed by atoms with Crippen molar-refractivity contribution in [3.63, 3.8) is 0 Å². The highest BCUT2D eigenvalue weighted by atomic mass is 19.3. The molecule has 6 heteroatoms. The number of nitrogens with zero attached hydrogens (tertiary/aromatic N) is 2. The molecule has 0 aliphatic carbocycles. The number of rotatable bonds is 4. The van der Waals surface area contributed by atoms with Crippen molar-refractivity contribution in [2.75, 3.05) is 0 Å². The highest BCUT2D eigenvalue weighted by Gasteiger charge is 2.28. The molecular formula is C8H10F2N2O2. The van der Waals surface area contributed by atoms with Crippen LogP contribution >= 0.6 is 0 Å². The number of aryl methyl sites for hydroxylation is 1. The lowest BCUT2D eigenvalue weighted by molar-refractivity contribution is -0.138. The molecule has 78 valence electrons. The summed E-state index contributed by atoms with van der Waals surface area (Å²) >= 11 is 0. The summed E-state index contributed by atoms with van der Waals surface area (Å²) in [6.07, 6.45) is -0.450. The first kappa shape index (κ1) is 10.6. The zero-order chi connectivity index (χ0) is 10.7. The van der Waals surface area contributed by atoms with E-state index >= 15 is 0 Å². The first-order valence-electron chi connectivity index (χ1n) is 3.99. The summed E-state index contributed by atoms with van der Waals surface area (Å²) in [4.78, 5) is 14.1. The Hall–Kier alpha value is -1.46. The van der Waals surface area contributed by atoms with Crippen molar-refractivity contribution in [1.82, 2.24) is 9.55 Å². The number of halogens is 2. The Morgan fingerprint density at radius 1 is 1.71 bits per heavy atom. The quantitative estimate of drug-likeness (QED) is 0.802. The molecule has 0 aliphatic rings. The van der Waals surface area contributed by atoms with Crippen LogP contribution in [0.25, 0.3) is 0 Å². The fourth-order valence-electron chi connectivity index (χ4n) is 1.22. The maximum absolute atomic E-state index is 12.5. The summed E-state index contributed by atoms with van der Waals surface area (Å²) < 4.78 is 26.4. The van der Waals surface area contributed by atoms with Crippen molar-refractivity contribution >= 4 is 5.97 Å². The van der Waals surface area contributed by atoms with E-state index in [1.165, 1.54) is 17.0 Å². The van der Waals surface area contributed by atoms with Gasteiger partial charge in [-0.25, -0.2) is 13.8 Å². The van der Waals surface area contributed by atoms with Gasteiger partial charge < -0.3 is 9.67 Å². The number of alkyl halides is 2. The van der Waals surface area contributed by atoms with Crippen LogP contribution in [0.2, 0.25) is 0 Å². The number of hydrogen-bond donors (Lipinski definition) is 1. The molecule has 1 aromatic heterocycles. The number of aromatic nitrogens is 2. The highest BCUT2D eigenvalue weighted by Crippen LogP contribution is 2.24. The molecule has 1 aromatic rings. The molecule has 1 heterocycles. The SMILES string of the molecule is Cn1ccnc1C(CC(=O)O)C(F)F. The highest BCUT2D eigenvalue weighted by molar-refractivity contribution is 5.67. The molecule has 0 bridgehead atoms. The van der Waals surface area contributed by atoms with Gasteiger partial charge in [0.15, 0.2) is 0 Å². The lowest BCUT2D eigenvalue weighted by Crippen LogP contribution is -2.17. The fourth-order valence-corrected chi connectivity index (χ4v) is 1.22. The third kappa shape index (κ3) is 2.27. The molecule has 1 unspecified atom stereocenters. The second-order valence-electron chi connectivity index (χ2n) is 2.94. The molecule has 14 heavy (non-hydrogen) atoms. The smallest absolute Gasteiger partial charge is 0.304 e. The second-order valence-corrected chi connectivity index (χ2v) is 2.94. The van der Waals surface area contributed by atoms with Gasteiger partial charge in [-0.3, -0.25) is 4.79 Å². The summed E-state index contributed by atoms with van der Waals surface area (Å²) in [6, 6.07) is 0. The Bertz CT molecular complexity index is 325. The van der Waals surface area contributed by atoms with Gasteiger partial charge in [0.25, 0.3) is 0 Å². The van der Waals surface area contributed by atoms with Crippen molar-refractivity contribution in [3.05, 3.63) is 18.2 Å². The van der Waals surface area contributed by atoms with Crippen LogP contribution in [0.5, 0.6) is 0 Å². The van der Waals surface area contributed by atoms with Gasteiger partial charge in [0.1, 0.15) is 5.82 Å². The minimum absolute atomic E-state index is 0.0994. The van der Waals surface area contributed by atoms with E-state index in [0.29, 0.717) is 0 Å². The van der Waals surface area contributed by atoms with Gasteiger partial charge >= 0.3 is 5.97 Å². The zero-order valence-electron chi connectivity index (χ0n) is 7.52. The monoisotopic (exact) mass is 204 g/mol. The minimum atomic E-state index is -2.72. The number of aliphatic carboxylic acids is 1. The van der Waals surface area contributed by atoms with Crippen LogP contribution < -0.4 is 0 Å². The Morgan fingerprint density at radius 3 is 2.71 bits per heavy atom. The Balaban J connectivity index is 2.88. The molecule has 0 fully saturated rings. The van der Waals surface area contributed by atoms with Crippen molar-refractivity contribution in [2.45, 2.75) is 18.8 Å².